The molecule has 0 heterocycles. The second-order valence-corrected chi connectivity index (χ2v) is 8.92. The molecule has 1 rings (SSSR count). The van der Waals surface area contributed by atoms with Gasteiger partial charge in [-0.15, -0.1) is 0 Å². The van der Waals surface area contributed by atoms with Crippen LogP contribution in [-0.4, -0.2) is 35.4 Å². The molecule has 0 amide bonds. The van der Waals surface area contributed by atoms with Crippen LogP contribution in [0.4, 0.5) is 5.69 Å². The minimum atomic E-state index is -3.70. The molecule has 108 valence electrons. The van der Waals surface area contributed by atoms with E-state index in [1.54, 1.807) is 12.1 Å². The summed E-state index contributed by atoms with van der Waals surface area (Å²) >= 11 is 3.14. The van der Waals surface area contributed by atoms with Gasteiger partial charge in [0.2, 0.25) is 10.0 Å². The van der Waals surface area contributed by atoms with Crippen LogP contribution >= 0.6 is 15.9 Å². The lowest BCUT2D eigenvalue weighted by atomic mass is 10.3. The zero-order chi connectivity index (χ0) is 14.7. The molecule has 0 spiro atoms. The largest absolute Gasteiger partial charge is 0.399 e. The molecule has 0 radical (unpaired) electrons. The minimum absolute atomic E-state index is 0.0341. The first kappa shape index (κ1) is 16.4. The number of nitrogens with one attached hydrogen (secondary N) is 1. The van der Waals surface area contributed by atoms with Crippen LogP contribution in [0.15, 0.2) is 27.6 Å². The maximum Gasteiger partial charge on any atom is 0.241 e. The Bertz CT molecular complexity index is 656. The van der Waals surface area contributed by atoms with Crippen molar-refractivity contribution in [2.75, 3.05) is 24.3 Å². The lowest BCUT2D eigenvalue weighted by Gasteiger charge is -2.09. The SMILES string of the molecule is CS(=O)(=O)CCCNS(=O)(=O)c1cc(N)ccc1Br. The number of nitrogens with two attached hydrogens (primary N) is 1. The van der Waals surface area contributed by atoms with Gasteiger partial charge in [-0.3, -0.25) is 0 Å². The van der Waals surface area contributed by atoms with Gasteiger partial charge in [-0.25, -0.2) is 21.6 Å². The van der Waals surface area contributed by atoms with Crippen LogP contribution in [0.5, 0.6) is 0 Å². The van der Waals surface area contributed by atoms with Gasteiger partial charge in [0.15, 0.2) is 0 Å². The zero-order valence-corrected chi connectivity index (χ0v) is 13.5. The quantitative estimate of drug-likeness (QED) is 0.567. The van der Waals surface area contributed by atoms with Crippen LogP contribution in [0.25, 0.3) is 0 Å². The molecule has 6 nitrogen and oxygen atoms in total. The minimum Gasteiger partial charge on any atom is -0.399 e. The molecule has 0 atom stereocenters. The van der Waals surface area contributed by atoms with Gasteiger partial charge in [-0.05, 0) is 40.5 Å². The average molecular weight is 371 g/mol. The smallest absolute Gasteiger partial charge is 0.241 e. The number of hydrogen-bond donors (Lipinski definition) is 2. The summed E-state index contributed by atoms with van der Waals surface area (Å²) in [6.07, 6.45) is 1.33. The summed E-state index contributed by atoms with van der Waals surface area (Å²) in [5.41, 5.74) is 5.88. The van der Waals surface area contributed by atoms with E-state index in [4.69, 9.17) is 5.73 Å². The molecule has 0 aliphatic heterocycles. The summed E-state index contributed by atoms with van der Waals surface area (Å²) in [6, 6.07) is 4.45. The summed E-state index contributed by atoms with van der Waals surface area (Å²) in [5.74, 6) is -0.0619. The van der Waals surface area contributed by atoms with E-state index in [0.717, 1.165) is 6.26 Å². The monoisotopic (exact) mass is 370 g/mol. The first-order valence-corrected chi connectivity index (χ1v) is 9.68. The Balaban J connectivity index is 2.74. The van der Waals surface area contributed by atoms with Gasteiger partial charge in [-0.1, -0.05) is 0 Å². The van der Waals surface area contributed by atoms with Gasteiger partial charge >= 0.3 is 0 Å². The first-order valence-electron chi connectivity index (χ1n) is 5.34. The van der Waals surface area contributed by atoms with Crippen molar-refractivity contribution < 1.29 is 16.8 Å². The first-order chi connectivity index (χ1) is 8.62. The van der Waals surface area contributed by atoms with E-state index in [1.165, 1.54) is 6.07 Å². The van der Waals surface area contributed by atoms with Crippen molar-refractivity contribution in [3.8, 4) is 0 Å². The standard InChI is InChI=1S/C10H15BrN2O4S2/c1-18(14,15)6-2-5-13-19(16,17)10-7-8(12)3-4-9(10)11/h3-4,7,13H,2,5-6,12H2,1H3. The van der Waals surface area contributed by atoms with Crippen LogP contribution in [0.3, 0.4) is 0 Å². The van der Waals surface area contributed by atoms with Crippen LogP contribution in [0, 0.1) is 0 Å². The Kier molecular flexibility index (Phi) is 5.36. The molecule has 0 fully saturated rings. The zero-order valence-electron chi connectivity index (χ0n) is 10.3. The Morgan fingerprint density at radius 2 is 1.89 bits per heavy atom. The van der Waals surface area contributed by atoms with Crippen LogP contribution in [0.1, 0.15) is 6.42 Å². The molecule has 0 aliphatic rings. The van der Waals surface area contributed by atoms with Crippen molar-refractivity contribution in [1.82, 2.24) is 4.72 Å². The van der Waals surface area contributed by atoms with Crippen molar-refractivity contribution in [1.29, 1.82) is 0 Å². The second-order valence-electron chi connectivity index (χ2n) is 4.07. The number of sulfonamides is 1. The van der Waals surface area contributed by atoms with E-state index in [9.17, 15) is 16.8 Å². The molecule has 0 unspecified atom stereocenters. The molecule has 0 aromatic heterocycles. The van der Waals surface area contributed by atoms with E-state index in [2.05, 4.69) is 20.7 Å². The summed E-state index contributed by atoms with van der Waals surface area (Å²) in [6.45, 7) is 0.0522. The van der Waals surface area contributed by atoms with Gasteiger partial charge in [0.1, 0.15) is 9.84 Å². The lowest BCUT2D eigenvalue weighted by molar-refractivity contribution is 0.577. The number of sulfone groups is 1. The molecule has 1 aromatic carbocycles. The third-order valence-electron chi connectivity index (χ3n) is 2.23. The molecule has 9 heteroatoms. The Hall–Kier alpha value is -0.640. The van der Waals surface area contributed by atoms with Crippen molar-refractivity contribution in [3.05, 3.63) is 22.7 Å². The number of anilines is 1. The number of nitrogen functional groups attached to an aromatic ring is 1. The molecule has 0 saturated heterocycles. The van der Waals surface area contributed by atoms with Crippen LogP contribution in [-0.2, 0) is 19.9 Å². The number of benzene rings is 1. The fourth-order valence-corrected chi connectivity index (χ4v) is 4.08. The third-order valence-corrected chi connectivity index (χ3v) is 5.71. The van der Waals surface area contributed by atoms with Crippen molar-refractivity contribution in [2.45, 2.75) is 11.3 Å². The normalized spacial score (nSPS) is 12.5. The van der Waals surface area contributed by atoms with Crippen LogP contribution in [0.2, 0.25) is 0 Å². The summed E-state index contributed by atoms with van der Waals surface area (Å²) in [5, 5.41) is 0. The highest BCUT2D eigenvalue weighted by Gasteiger charge is 2.17. The molecule has 0 saturated carbocycles. The van der Waals surface area contributed by atoms with E-state index >= 15 is 0 Å². The van der Waals surface area contributed by atoms with Crippen molar-refractivity contribution in [3.63, 3.8) is 0 Å². The fraction of sp³-hybridized carbons (Fsp3) is 0.400. The number of rotatable bonds is 6. The highest BCUT2D eigenvalue weighted by atomic mass is 79.9. The maximum atomic E-state index is 12.0. The average Bonchev–Trinajstić information content (AvgIpc) is 2.26. The van der Waals surface area contributed by atoms with Gasteiger partial charge in [0, 0.05) is 23.0 Å². The molecule has 19 heavy (non-hydrogen) atoms. The van der Waals surface area contributed by atoms with E-state index in [1.807, 2.05) is 0 Å². The van der Waals surface area contributed by atoms with Gasteiger partial charge in [0.05, 0.1) is 10.6 Å². The molecule has 0 bridgehead atoms. The maximum absolute atomic E-state index is 12.0. The topological polar surface area (TPSA) is 106 Å². The predicted molar refractivity (Wildman–Crippen MR) is 78.1 cm³/mol. The van der Waals surface area contributed by atoms with E-state index in [0.29, 0.717) is 10.2 Å². The van der Waals surface area contributed by atoms with Gasteiger partial charge < -0.3 is 5.73 Å². The highest BCUT2D eigenvalue weighted by molar-refractivity contribution is 9.10. The Morgan fingerprint density at radius 1 is 1.26 bits per heavy atom. The molecular formula is C10H15BrN2O4S2. The Morgan fingerprint density at radius 3 is 2.47 bits per heavy atom. The van der Waals surface area contributed by atoms with Crippen molar-refractivity contribution >= 4 is 41.5 Å². The molecule has 1 aromatic rings. The third kappa shape index (κ3) is 5.47. The van der Waals surface area contributed by atoms with Gasteiger partial charge in [0.25, 0.3) is 0 Å². The lowest BCUT2D eigenvalue weighted by Crippen LogP contribution is -2.26. The fourth-order valence-electron chi connectivity index (χ4n) is 1.34. The summed E-state index contributed by atoms with van der Waals surface area (Å²) in [4.78, 5) is 0.0341. The number of halogens is 1. The van der Waals surface area contributed by atoms with Crippen molar-refractivity contribution in [2.24, 2.45) is 0 Å². The highest BCUT2D eigenvalue weighted by Crippen LogP contribution is 2.23. The predicted octanol–water partition coefficient (Wildman–Crippen LogP) is 0.744. The second kappa shape index (κ2) is 6.21. The summed E-state index contributed by atoms with van der Waals surface area (Å²) < 4.78 is 48.6. The molecule has 0 aliphatic carbocycles. The molecule has 3 N–H and O–H groups in total. The van der Waals surface area contributed by atoms with E-state index in [-0.39, 0.29) is 23.6 Å². The molecular weight excluding hydrogens is 356 g/mol. The summed E-state index contributed by atoms with van der Waals surface area (Å²) in [7, 11) is -6.79. The number of hydrogen-bond acceptors (Lipinski definition) is 5. The van der Waals surface area contributed by atoms with Crippen LogP contribution < -0.4 is 10.5 Å². The van der Waals surface area contributed by atoms with Gasteiger partial charge in [-0.2, -0.15) is 0 Å². The Labute approximate surface area is 121 Å². The van der Waals surface area contributed by atoms with E-state index < -0.39 is 19.9 Å².